The number of nitrogens with zero attached hydrogens (tertiary/aromatic N) is 1. The van der Waals surface area contributed by atoms with Crippen LogP contribution in [0.2, 0.25) is 0 Å². The van der Waals surface area contributed by atoms with Crippen molar-refractivity contribution in [3.05, 3.63) is 0 Å². The Balaban J connectivity index is 4.41. The topological polar surface area (TPSA) is 55.6 Å². The van der Waals surface area contributed by atoms with E-state index < -0.39 is 5.60 Å². The molecule has 0 spiro atoms. The average molecular weight is 244 g/mol. The van der Waals surface area contributed by atoms with Crippen molar-refractivity contribution in [2.24, 2.45) is 11.7 Å². The van der Waals surface area contributed by atoms with Crippen LogP contribution in [-0.2, 0) is 9.53 Å². The first-order valence-corrected chi connectivity index (χ1v) is 6.35. The maximum absolute atomic E-state index is 12.2. The van der Waals surface area contributed by atoms with E-state index in [9.17, 15) is 4.79 Å². The van der Waals surface area contributed by atoms with Crippen molar-refractivity contribution in [1.29, 1.82) is 0 Å². The van der Waals surface area contributed by atoms with Crippen LogP contribution < -0.4 is 5.73 Å². The quantitative estimate of drug-likeness (QED) is 0.706. The Morgan fingerprint density at radius 3 is 2.41 bits per heavy atom. The van der Waals surface area contributed by atoms with Crippen molar-refractivity contribution in [3.63, 3.8) is 0 Å². The summed E-state index contributed by atoms with van der Waals surface area (Å²) in [5.74, 6) is 0.626. The van der Waals surface area contributed by atoms with Crippen LogP contribution in [0.25, 0.3) is 0 Å². The van der Waals surface area contributed by atoms with E-state index in [1.807, 2.05) is 18.7 Å². The van der Waals surface area contributed by atoms with E-state index in [-0.39, 0.29) is 5.91 Å². The lowest BCUT2D eigenvalue weighted by Crippen LogP contribution is -2.40. The molecule has 0 aromatic rings. The SMILES string of the molecule is COC(C)(C)CC(=O)N(CCCN)CC(C)C. The fourth-order valence-electron chi connectivity index (χ4n) is 1.59. The molecule has 0 fully saturated rings. The predicted molar refractivity (Wildman–Crippen MR) is 70.8 cm³/mol. The van der Waals surface area contributed by atoms with Crippen LogP contribution in [0.15, 0.2) is 0 Å². The molecule has 0 radical (unpaired) electrons. The summed E-state index contributed by atoms with van der Waals surface area (Å²) in [6.45, 7) is 10.2. The van der Waals surface area contributed by atoms with E-state index in [0.717, 1.165) is 19.5 Å². The van der Waals surface area contributed by atoms with Gasteiger partial charge in [0.05, 0.1) is 12.0 Å². The molecule has 4 nitrogen and oxygen atoms in total. The minimum absolute atomic E-state index is 0.152. The summed E-state index contributed by atoms with van der Waals surface area (Å²) in [5, 5.41) is 0. The summed E-state index contributed by atoms with van der Waals surface area (Å²) in [6.07, 6.45) is 1.27. The molecule has 0 rings (SSSR count). The molecule has 0 aromatic heterocycles. The van der Waals surface area contributed by atoms with Gasteiger partial charge in [-0.3, -0.25) is 4.79 Å². The van der Waals surface area contributed by atoms with Gasteiger partial charge in [-0.05, 0) is 32.7 Å². The Morgan fingerprint density at radius 2 is 2.00 bits per heavy atom. The number of ether oxygens (including phenoxy) is 1. The molecule has 0 aromatic carbocycles. The van der Waals surface area contributed by atoms with Gasteiger partial charge in [-0.25, -0.2) is 0 Å². The Hall–Kier alpha value is -0.610. The molecule has 4 heteroatoms. The average Bonchev–Trinajstić information content (AvgIpc) is 2.23. The second kappa shape index (κ2) is 7.67. The third-order valence-corrected chi connectivity index (χ3v) is 2.70. The van der Waals surface area contributed by atoms with Crippen molar-refractivity contribution < 1.29 is 9.53 Å². The number of rotatable bonds is 8. The van der Waals surface area contributed by atoms with E-state index in [4.69, 9.17) is 10.5 Å². The van der Waals surface area contributed by atoms with Gasteiger partial charge in [-0.1, -0.05) is 13.8 Å². The van der Waals surface area contributed by atoms with E-state index >= 15 is 0 Å². The van der Waals surface area contributed by atoms with Gasteiger partial charge in [-0.15, -0.1) is 0 Å². The lowest BCUT2D eigenvalue weighted by Gasteiger charge is -2.29. The molecule has 0 atom stereocenters. The van der Waals surface area contributed by atoms with Crippen molar-refractivity contribution in [2.45, 2.75) is 46.1 Å². The molecule has 102 valence electrons. The minimum Gasteiger partial charge on any atom is -0.378 e. The molecule has 0 saturated heterocycles. The molecule has 17 heavy (non-hydrogen) atoms. The smallest absolute Gasteiger partial charge is 0.225 e. The molecule has 1 amide bonds. The highest BCUT2D eigenvalue weighted by atomic mass is 16.5. The minimum atomic E-state index is -0.394. The van der Waals surface area contributed by atoms with Crippen LogP contribution in [0.4, 0.5) is 0 Å². The number of amides is 1. The third kappa shape index (κ3) is 7.34. The van der Waals surface area contributed by atoms with Gasteiger partial charge in [0.1, 0.15) is 0 Å². The summed E-state index contributed by atoms with van der Waals surface area (Å²) in [4.78, 5) is 14.1. The highest BCUT2D eigenvalue weighted by Crippen LogP contribution is 2.15. The van der Waals surface area contributed by atoms with Gasteiger partial charge in [0, 0.05) is 20.2 Å². The van der Waals surface area contributed by atoms with Crippen LogP contribution in [-0.4, -0.2) is 43.2 Å². The monoisotopic (exact) mass is 244 g/mol. The van der Waals surface area contributed by atoms with Crippen LogP contribution in [0.3, 0.4) is 0 Å². The molecule has 0 aliphatic heterocycles. The fraction of sp³-hybridized carbons (Fsp3) is 0.923. The van der Waals surface area contributed by atoms with Gasteiger partial charge in [-0.2, -0.15) is 0 Å². The lowest BCUT2D eigenvalue weighted by atomic mass is 10.0. The third-order valence-electron chi connectivity index (χ3n) is 2.70. The maximum Gasteiger partial charge on any atom is 0.225 e. The van der Waals surface area contributed by atoms with E-state index in [0.29, 0.717) is 18.9 Å². The molecule has 0 unspecified atom stereocenters. The zero-order chi connectivity index (χ0) is 13.5. The first-order valence-electron chi connectivity index (χ1n) is 6.35. The zero-order valence-electron chi connectivity index (χ0n) is 12.0. The van der Waals surface area contributed by atoms with Crippen molar-refractivity contribution in [2.75, 3.05) is 26.7 Å². The number of hydrogen-bond acceptors (Lipinski definition) is 3. The first-order chi connectivity index (χ1) is 7.82. The Labute approximate surface area is 105 Å². The number of hydrogen-bond donors (Lipinski definition) is 1. The predicted octanol–water partition coefficient (Wildman–Crippen LogP) is 1.63. The molecular weight excluding hydrogens is 216 g/mol. The molecule has 0 heterocycles. The van der Waals surface area contributed by atoms with Crippen LogP contribution in [0.5, 0.6) is 0 Å². The molecular formula is C13H28N2O2. The summed E-state index contributed by atoms with van der Waals surface area (Å²) < 4.78 is 5.30. The number of methoxy groups -OCH3 is 1. The van der Waals surface area contributed by atoms with Gasteiger partial charge in [0.25, 0.3) is 0 Å². The molecule has 0 saturated carbocycles. The van der Waals surface area contributed by atoms with Crippen molar-refractivity contribution in [1.82, 2.24) is 4.90 Å². The highest BCUT2D eigenvalue weighted by Gasteiger charge is 2.24. The Kier molecular flexibility index (Phi) is 7.39. The largest absolute Gasteiger partial charge is 0.378 e. The Bertz CT molecular complexity index is 227. The number of carbonyl (C=O) groups is 1. The van der Waals surface area contributed by atoms with Crippen molar-refractivity contribution >= 4 is 5.91 Å². The van der Waals surface area contributed by atoms with E-state index in [1.54, 1.807) is 7.11 Å². The van der Waals surface area contributed by atoms with Crippen LogP contribution >= 0.6 is 0 Å². The van der Waals surface area contributed by atoms with Gasteiger partial charge < -0.3 is 15.4 Å². The second-order valence-electron chi connectivity index (χ2n) is 5.52. The van der Waals surface area contributed by atoms with Crippen LogP contribution in [0, 0.1) is 5.92 Å². The maximum atomic E-state index is 12.2. The zero-order valence-corrected chi connectivity index (χ0v) is 12.0. The van der Waals surface area contributed by atoms with E-state index in [2.05, 4.69) is 13.8 Å². The van der Waals surface area contributed by atoms with Crippen LogP contribution in [0.1, 0.15) is 40.5 Å². The molecule has 0 bridgehead atoms. The van der Waals surface area contributed by atoms with Crippen molar-refractivity contribution in [3.8, 4) is 0 Å². The standard InChI is InChI=1S/C13H28N2O2/c1-11(2)10-15(8-6-7-14)12(16)9-13(3,4)17-5/h11H,6-10,14H2,1-5H3. The number of nitrogens with two attached hydrogens (primary N) is 1. The molecule has 0 aliphatic rings. The number of carbonyl (C=O) groups excluding carboxylic acids is 1. The molecule has 2 N–H and O–H groups in total. The van der Waals surface area contributed by atoms with Gasteiger partial charge >= 0.3 is 0 Å². The summed E-state index contributed by atoms with van der Waals surface area (Å²) >= 11 is 0. The van der Waals surface area contributed by atoms with Gasteiger partial charge in [0.15, 0.2) is 0 Å². The second-order valence-corrected chi connectivity index (χ2v) is 5.52. The highest BCUT2D eigenvalue weighted by molar-refractivity contribution is 5.77. The fourth-order valence-corrected chi connectivity index (χ4v) is 1.59. The summed E-state index contributed by atoms with van der Waals surface area (Å²) in [5.41, 5.74) is 5.10. The molecule has 0 aliphatic carbocycles. The summed E-state index contributed by atoms with van der Waals surface area (Å²) in [7, 11) is 1.64. The van der Waals surface area contributed by atoms with E-state index in [1.165, 1.54) is 0 Å². The lowest BCUT2D eigenvalue weighted by molar-refractivity contribution is -0.137. The Morgan fingerprint density at radius 1 is 1.41 bits per heavy atom. The first kappa shape index (κ1) is 16.4. The van der Waals surface area contributed by atoms with Gasteiger partial charge in [0.2, 0.25) is 5.91 Å². The normalized spacial score (nSPS) is 11.9. The summed E-state index contributed by atoms with van der Waals surface area (Å²) in [6, 6.07) is 0.